The van der Waals surface area contributed by atoms with Crippen LogP contribution in [0.25, 0.3) is 0 Å². The lowest BCUT2D eigenvalue weighted by atomic mass is 9.85. The Morgan fingerprint density at radius 3 is 2.76 bits per heavy atom. The molecule has 5 nitrogen and oxygen atoms in total. The van der Waals surface area contributed by atoms with Crippen LogP contribution in [-0.4, -0.2) is 21.6 Å². The maximum Gasteiger partial charge on any atom is 0.242 e. The summed E-state index contributed by atoms with van der Waals surface area (Å²) < 4.78 is 31.8. The van der Waals surface area contributed by atoms with E-state index in [-0.39, 0.29) is 16.7 Å². The van der Waals surface area contributed by atoms with Gasteiger partial charge in [-0.3, -0.25) is 0 Å². The van der Waals surface area contributed by atoms with E-state index in [4.69, 9.17) is 10.5 Å². The van der Waals surface area contributed by atoms with Crippen LogP contribution in [0.2, 0.25) is 0 Å². The SMILES string of the molecule is CCC1CCCC(Oc2ccc(S(=O)(=O)NC)c(N)c2)C1. The number of hydrogen-bond donors (Lipinski definition) is 2. The second-order valence-corrected chi connectivity index (χ2v) is 7.44. The van der Waals surface area contributed by atoms with Crippen LogP contribution in [0, 0.1) is 5.92 Å². The van der Waals surface area contributed by atoms with Gasteiger partial charge in [-0.05, 0) is 44.4 Å². The lowest BCUT2D eigenvalue weighted by Crippen LogP contribution is -2.25. The molecule has 0 radical (unpaired) electrons. The van der Waals surface area contributed by atoms with Crippen LogP contribution in [0.5, 0.6) is 5.75 Å². The van der Waals surface area contributed by atoms with Gasteiger partial charge in [0.25, 0.3) is 0 Å². The fraction of sp³-hybridized carbons (Fsp3) is 0.600. The first kappa shape index (κ1) is 16.1. The van der Waals surface area contributed by atoms with Crippen molar-refractivity contribution in [2.45, 2.75) is 50.0 Å². The van der Waals surface area contributed by atoms with Crippen LogP contribution in [0.3, 0.4) is 0 Å². The van der Waals surface area contributed by atoms with Gasteiger partial charge in [-0.2, -0.15) is 0 Å². The average Bonchev–Trinajstić information content (AvgIpc) is 2.47. The highest BCUT2D eigenvalue weighted by atomic mass is 32.2. The largest absolute Gasteiger partial charge is 0.490 e. The normalized spacial score (nSPS) is 23.0. The van der Waals surface area contributed by atoms with Crippen molar-refractivity contribution in [3.63, 3.8) is 0 Å². The Kier molecular flexibility index (Phi) is 5.11. The van der Waals surface area contributed by atoms with E-state index in [1.54, 1.807) is 12.1 Å². The standard InChI is InChI=1S/C15H24N2O3S/c1-3-11-5-4-6-12(9-11)20-13-7-8-15(14(16)10-13)21(18,19)17-2/h7-8,10-12,17H,3-6,9,16H2,1-2H3. The summed E-state index contributed by atoms with van der Waals surface area (Å²) in [5.74, 6) is 1.37. The highest BCUT2D eigenvalue weighted by Crippen LogP contribution is 2.31. The van der Waals surface area contributed by atoms with Gasteiger partial charge in [0, 0.05) is 6.07 Å². The van der Waals surface area contributed by atoms with Gasteiger partial charge in [0.15, 0.2) is 0 Å². The average molecular weight is 312 g/mol. The summed E-state index contributed by atoms with van der Waals surface area (Å²) in [7, 11) is -2.15. The fourth-order valence-electron chi connectivity index (χ4n) is 2.87. The smallest absolute Gasteiger partial charge is 0.242 e. The van der Waals surface area contributed by atoms with E-state index >= 15 is 0 Å². The highest BCUT2D eigenvalue weighted by molar-refractivity contribution is 7.89. The van der Waals surface area contributed by atoms with Gasteiger partial charge in [-0.25, -0.2) is 13.1 Å². The number of nitrogens with two attached hydrogens (primary N) is 1. The van der Waals surface area contributed by atoms with Crippen molar-refractivity contribution in [1.82, 2.24) is 4.72 Å². The number of anilines is 1. The van der Waals surface area contributed by atoms with Crippen molar-refractivity contribution < 1.29 is 13.2 Å². The summed E-state index contributed by atoms with van der Waals surface area (Å²) in [6, 6.07) is 4.77. The van der Waals surface area contributed by atoms with Crippen LogP contribution in [0.1, 0.15) is 39.0 Å². The van der Waals surface area contributed by atoms with Crippen molar-refractivity contribution >= 4 is 15.7 Å². The Balaban J connectivity index is 2.10. The number of hydrogen-bond acceptors (Lipinski definition) is 4. The third kappa shape index (κ3) is 3.89. The minimum Gasteiger partial charge on any atom is -0.490 e. The Bertz CT molecular complexity index is 587. The molecule has 1 saturated carbocycles. The molecule has 1 aromatic carbocycles. The molecule has 2 atom stereocenters. The first-order chi connectivity index (χ1) is 9.96. The van der Waals surface area contributed by atoms with Crippen molar-refractivity contribution in [1.29, 1.82) is 0 Å². The topological polar surface area (TPSA) is 81.4 Å². The quantitative estimate of drug-likeness (QED) is 0.819. The zero-order chi connectivity index (χ0) is 15.5. The summed E-state index contributed by atoms with van der Waals surface area (Å²) in [4.78, 5) is 0.0902. The molecule has 0 saturated heterocycles. The molecule has 21 heavy (non-hydrogen) atoms. The second kappa shape index (κ2) is 6.66. The predicted octanol–water partition coefficient (Wildman–Crippen LogP) is 2.52. The van der Waals surface area contributed by atoms with Crippen molar-refractivity contribution in [3.05, 3.63) is 18.2 Å². The molecule has 2 unspecified atom stereocenters. The lowest BCUT2D eigenvalue weighted by Gasteiger charge is -2.29. The number of nitrogens with one attached hydrogen (secondary N) is 1. The summed E-state index contributed by atoms with van der Waals surface area (Å²) in [5.41, 5.74) is 6.06. The number of ether oxygens (including phenoxy) is 1. The molecule has 3 N–H and O–H groups in total. The first-order valence-corrected chi connectivity index (χ1v) is 8.94. The van der Waals surface area contributed by atoms with Crippen LogP contribution >= 0.6 is 0 Å². The Labute approximate surface area is 126 Å². The Morgan fingerprint density at radius 2 is 2.14 bits per heavy atom. The first-order valence-electron chi connectivity index (χ1n) is 7.46. The van der Waals surface area contributed by atoms with E-state index in [2.05, 4.69) is 11.6 Å². The van der Waals surface area contributed by atoms with E-state index in [9.17, 15) is 8.42 Å². The molecule has 0 heterocycles. The molecule has 0 bridgehead atoms. The number of benzene rings is 1. The van der Waals surface area contributed by atoms with Gasteiger partial charge >= 0.3 is 0 Å². The third-order valence-corrected chi connectivity index (χ3v) is 5.64. The second-order valence-electron chi connectivity index (χ2n) is 5.59. The monoisotopic (exact) mass is 312 g/mol. The van der Waals surface area contributed by atoms with Gasteiger partial charge < -0.3 is 10.5 Å². The molecule has 1 aliphatic carbocycles. The number of rotatable bonds is 5. The zero-order valence-corrected chi connectivity index (χ0v) is 13.4. The number of nitrogen functional groups attached to an aromatic ring is 1. The van der Waals surface area contributed by atoms with E-state index in [1.165, 1.54) is 32.4 Å². The van der Waals surface area contributed by atoms with Gasteiger partial charge in [0.1, 0.15) is 10.6 Å². The maximum atomic E-state index is 11.8. The molecule has 0 aliphatic heterocycles. The van der Waals surface area contributed by atoms with E-state index in [0.717, 1.165) is 18.8 Å². The highest BCUT2D eigenvalue weighted by Gasteiger charge is 2.23. The van der Waals surface area contributed by atoms with E-state index in [1.807, 2.05) is 0 Å². The molecule has 1 aromatic rings. The molecular formula is C15H24N2O3S. The Hall–Kier alpha value is -1.27. The van der Waals surface area contributed by atoms with Crippen molar-refractivity contribution in [2.24, 2.45) is 5.92 Å². The molecule has 1 fully saturated rings. The van der Waals surface area contributed by atoms with Crippen LogP contribution in [0.4, 0.5) is 5.69 Å². The molecule has 0 amide bonds. The fourth-order valence-corrected chi connectivity index (χ4v) is 3.70. The molecule has 0 spiro atoms. The summed E-state index contributed by atoms with van der Waals surface area (Å²) >= 11 is 0. The maximum absolute atomic E-state index is 11.8. The van der Waals surface area contributed by atoms with Crippen molar-refractivity contribution in [3.8, 4) is 5.75 Å². The van der Waals surface area contributed by atoms with Gasteiger partial charge in [-0.15, -0.1) is 0 Å². The van der Waals surface area contributed by atoms with Crippen LogP contribution in [0.15, 0.2) is 23.1 Å². The van der Waals surface area contributed by atoms with Gasteiger partial charge in [0.05, 0.1) is 11.8 Å². The van der Waals surface area contributed by atoms with Gasteiger partial charge in [0.2, 0.25) is 10.0 Å². The molecule has 0 aromatic heterocycles. The lowest BCUT2D eigenvalue weighted by molar-refractivity contribution is 0.122. The minimum atomic E-state index is -3.52. The van der Waals surface area contributed by atoms with Gasteiger partial charge in [-0.1, -0.05) is 19.8 Å². The molecular weight excluding hydrogens is 288 g/mol. The Morgan fingerprint density at radius 1 is 1.38 bits per heavy atom. The summed E-state index contributed by atoms with van der Waals surface area (Å²) in [6.45, 7) is 2.21. The van der Waals surface area contributed by atoms with E-state index < -0.39 is 10.0 Å². The molecule has 2 rings (SSSR count). The predicted molar refractivity (Wildman–Crippen MR) is 83.8 cm³/mol. The summed E-state index contributed by atoms with van der Waals surface area (Å²) in [5, 5.41) is 0. The summed E-state index contributed by atoms with van der Waals surface area (Å²) in [6.07, 6.45) is 5.96. The van der Waals surface area contributed by atoms with Crippen LogP contribution < -0.4 is 15.2 Å². The minimum absolute atomic E-state index is 0.0902. The number of sulfonamides is 1. The third-order valence-electron chi connectivity index (χ3n) is 4.15. The van der Waals surface area contributed by atoms with Crippen LogP contribution in [-0.2, 0) is 10.0 Å². The van der Waals surface area contributed by atoms with E-state index in [0.29, 0.717) is 5.75 Å². The molecule has 118 valence electrons. The zero-order valence-electron chi connectivity index (χ0n) is 12.6. The molecule has 6 heteroatoms. The molecule has 1 aliphatic rings. The van der Waals surface area contributed by atoms with Crippen molar-refractivity contribution in [2.75, 3.05) is 12.8 Å².